The number of hydrogen-bond acceptors (Lipinski definition) is 2. The Kier molecular flexibility index (Phi) is 2.66. The van der Waals surface area contributed by atoms with Crippen LogP contribution in [-0.2, 0) is 0 Å². The van der Waals surface area contributed by atoms with Gasteiger partial charge in [-0.05, 0) is 31.0 Å². The Bertz CT molecular complexity index is 537. The van der Waals surface area contributed by atoms with E-state index in [0.29, 0.717) is 19.0 Å². The molecule has 3 rings (SSSR count). The number of piperidine rings is 1. The van der Waals surface area contributed by atoms with Gasteiger partial charge >= 0.3 is 6.09 Å². The number of aromatic nitrogens is 2. The zero-order chi connectivity index (χ0) is 12.5. The van der Waals surface area contributed by atoms with Crippen molar-refractivity contribution in [2.24, 2.45) is 0 Å². The second-order valence-corrected chi connectivity index (χ2v) is 4.71. The Morgan fingerprint density at radius 1 is 1.44 bits per heavy atom. The van der Waals surface area contributed by atoms with Gasteiger partial charge in [0, 0.05) is 36.3 Å². The summed E-state index contributed by atoms with van der Waals surface area (Å²) in [5.41, 5.74) is 2.09. The van der Waals surface area contributed by atoms with Crippen LogP contribution in [0.1, 0.15) is 24.5 Å². The maximum Gasteiger partial charge on any atom is 0.407 e. The van der Waals surface area contributed by atoms with E-state index in [1.54, 1.807) is 6.20 Å². The average molecular weight is 245 g/mol. The highest BCUT2D eigenvalue weighted by molar-refractivity contribution is 5.76. The number of fused-ring (bicyclic) bond motifs is 1. The van der Waals surface area contributed by atoms with Crippen molar-refractivity contribution in [2.75, 3.05) is 13.1 Å². The largest absolute Gasteiger partial charge is 0.465 e. The van der Waals surface area contributed by atoms with Gasteiger partial charge in [-0.15, -0.1) is 0 Å². The van der Waals surface area contributed by atoms with Crippen molar-refractivity contribution in [1.82, 2.24) is 14.9 Å². The molecule has 1 aliphatic rings. The first-order valence-electron chi connectivity index (χ1n) is 6.15. The van der Waals surface area contributed by atoms with Gasteiger partial charge in [0.15, 0.2) is 0 Å². The van der Waals surface area contributed by atoms with Crippen molar-refractivity contribution in [1.29, 1.82) is 0 Å². The second-order valence-electron chi connectivity index (χ2n) is 4.71. The molecule has 5 nitrogen and oxygen atoms in total. The molecule has 0 bridgehead atoms. The summed E-state index contributed by atoms with van der Waals surface area (Å²) in [5.74, 6) is 0.412. The third-order valence-corrected chi connectivity index (χ3v) is 3.62. The Morgan fingerprint density at radius 2 is 2.22 bits per heavy atom. The number of amides is 1. The van der Waals surface area contributed by atoms with Gasteiger partial charge in [0.25, 0.3) is 0 Å². The fraction of sp³-hybridized carbons (Fsp3) is 0.385. The minimum atomic E-state index is -0.813. The number of carbonyl (C=O) groups is 1. The van der Waals surface area contributed by atoms with Crippen LogP contribution in [-0.4, -0.2) is 39.2 Å². The molecule has 3 heterocycles. The molecule has 94 valence electrons. The molecule has 0 aromatic carbocycles. The molecule has 2 aromatic heterocycles. The number of likely N-dealkylation sites (tertiary alicyclic amines) is 1. The molecule has 0 spiro atoms. The fourth-order valence-corrected chi connectivity index (χ4v) is 2.58. The van der Waals surface area contributed by atoms with Gasteiger partial charge in [0.2, 0.25) is 0 Å². The van der Waals surface area contributed by atoms with Crippen LogP contribution >= 0.6 is 0 Å². The highest BCUT2D eigenvalue weighted by Gasteiger charge is 2.24. The molecule has 5 heteroatoms. The molecule has 0 atom stereocenters. The summed E-state index contributed by atoms with van der Waals surface area (Å²) in [4.78, 5) is 19.9. The number of H-pyrrole nitrogens is 1. The zero-order valence-corrected chi connectivity index (χ0v) is 9.97. The summed E-state index contributed by atoms with van der Waals surface area (Å²) in [5, 5.41) is 10.0. The molecule has 0 saturated carbocycles. The third-order valence-electron chi connectivity index (χ3n) is 3.62. The van der Waals surface area contributed by atoms with Crippen LogP contribution in [0, 0.1) is 0 Å². The number of pyridine rings is 1. The maximum atomic E-state index is 10.8. The van der Waals surface area contributed by atoms with E-state index in [0.717, 1.165) is 23.9 Å². The lowest BCUT2D eigenvalue weighted by atomic mass is 9.94. The monoisotopic (exact) mass is 245 g/mol. The first-order chi connectivity index (χ1) is 8.74. The average Bonchev–Trinajstić information content (AvgIpc) is 2.82. The topological polar surface area (TPSA) is 69.2 Å². The van der Waals surface area contributed by atoms with Crippen molar-refractivity contribution in [2.45, 2.75) is 18.8 Å². The van der Waals surface area contributed by atoms with Gasteiger partial charge in [0.05, 0.1) is 0 Å². The van der Waals surface area contributed by atoms with Crippen LogP contribution in [0.2, 0.25) is 0 Å². The fourth-order valence-electron chi connectivity index (χ4n) is 2.58. The quantitative estimate of drug-likeness (QED) is 0.810. The number of aromatic amines is 1. The summed E-state index contributed by atoms with van der Waals surface area (Å²) >= 11 is 0. The first-order valence-corrected chi connectivity index (χ1v) is 6.15. The summed E-state index contributed by atoms with van der Waals surface area (Å²) < 4.78 is 0. The summed E-state index contributed by atoms with van der Waals surface area (Å²) in [7, 11) is 0. The van der Waals surface area contributed by atoms with E-state index in [2.05, 4.69) is 16.0 Å². The van der Waals surface area contributed by atoms with Crippen molar-refractivity contribution < 1.29 is 9.90 Å². The normalized spacial score (nSPS) is 17.2. The highest BCUT2D eigenvalue weighted by Crippen LogP contribution is 2.29. The van der Waals surface area contributed by atoms with E-state index in [-0.39, 0.29) is 0 Å². The Balaban J connectivity index is 1.78. The molecular weight excluding hydrogens is 230 g/mol. The lowest BCUT2D eigenvalue weighted by Crippen LogP contribution is -2.36. The number of carboxylic acid groups (broad SMARTS) is 1. The van der Waals surface area contributed by atoms with Crippen molar-refractivity contribution in [3.05, 3.63) is 30.1 Å². The Labute approximate surface area is 104 Å². The number of nitrogens with one attached hydrogen (secondary N) is 1. The standard InChI is InChI=1S/C13H15N3O2/c17-13(18)16-6-3-9(4-7-16)11-8-10-2-1-5-14-12(10)15-11/h1-2,5,8-9H,3-4,6-7H2,(H,14,15)(H,17,18). The minimum Gasteiger partial charge on any atom is -0.465 e. The molecule has 1 fully saturated rings. The molecule has 0 unspecified atom stereocenters. The number of rotatable bonds is 1. The summed E-state index contributed by atoms with van der Waals surface area (Å²) in [6, 6.07) is 6.09. The van der Waals surface area contributed by atoms with Crippen molar-refractivity contribution >= 4 is 17.1 Å². The van der Waals surface area contributed by atoms with Crippen LogP contribution in [0.25, 0.3) is 11.0 Å². The molecule has 1 saturated heterocycles. The van der Waals surface area contributed by atoms with Crippen LogP contribution in [0.4, 0.5) is 4.79 Å². The lowest BCUT2D eigenvalue weighted by molar-refractivity contribution is 0.132. The van der Waals surface area contributed by atoms with Crippen LogP contribution < -0.4 is 0 Å². The van der Waals surface area contributed by atoms with Crippen LogP contribution in [0.5, 0.6) is 0 Å². The molecular formula is C13H15N3O2. The molecule has 1 aliphatic heterocycles. The number of hydrogen-bond donors (Lipinski definition) is 2. The predicted molar refractivity (Wildman–Crippen MR) is 67.7 cm³/mol. The Hall–Kier alpha value is -2.04. The molecule has 1 amide bonds. The minimum absolute atomic E-state index is 0.412. The van der Waals surface area contributed by atoms with E-state index < -0.39 is 6.09 Å². The van der Waals surface area contributed by atoms with Gasteiger partial charge < -0.3 is 15.0 Å². The SMILES string of the molecule is O=C(O)N1CCC(c2cc3cccnc3[nH]2)CC1. The zero-order valence-electron chi connectivity index (χ0n) is 9.97. The molecule has 2 aromatic rings. The highest BCUT2D eigenvalue weighted by atomic mass is 16.4. The van der Waals surface area contributed by atoms with E-state index in [4.69, 9.17) is 5.11 Å². The van der Waals surface area contributed by atoms with Gasteiger partial charge in [-0.1, -0.05) is 0 Å². The third kappa shape index (κ3) is 1.92. The number of nitrogens with zero attached hydrogens (tertiary/aromatic N) is 2. The van der Waals surface area contributed by atoms with Gasteiger partial charge in [0.1, 0.15) is 5.65 Å². The van der Waals surface area contributed by atoms with Crippen molar-refractivity contribution in [3.63, 3.8) is 0 Å². The van der Waals surface area contributed by atoms with E-state index in [1.807, 2.05) is 12.1 Å². The van der Waals surface area contributed by atoms with Crippen molar-refractivity contribution in [3.8, 4) is 0 Å². The van der Waals surface area contributed by atoms with Gasteiger partial charge in [-0.3, -0.25) is 0 Å². The first kappa shape index (κ1) is 11.1. The van der Waals surface area contributed by atoms with Gasteiger partial charge in [-0.2, -0.15) is 0 Å². The smallest absolute Gasteiger partial charge is 0.407 e. The summed E-state index contributed by atoms with van der Waals surface area (Å²) in [6.07, 6.45) is 2.71. The second kappa shape index (κ2) is 4.33. The van der Waals surface area contributed by atoms with E-state index in [9.17, 15) is 4.79 Å². The van der Waals surface area contributed by atoms with Gasteiger partial charge in [-0.25, -0.2) is 9.78 Å². The van der Waals surface area contributed by atoms with Crippen LogP contribution in [0.15, 0.2) is 24.4 Å². The molecule has 0 aliphatic carbocycles. The van der Waals surface area contributed by atoms with Crippen LogP contribution in [0.3, 0.4) is 0 Å². The lowest BCUT2D eigenvalue weighted by Gasteiger charge is -2.29. The van der Waals surface area contributed by atoms with E-state index in [1.165, 1.54) is 10.6 Å². The Morgan fingerprint density at radius 3 is 2.89 bits per heavy atom. The molecule has 0 radical (unpaired) electrons. The predicted octanol–water partition coefficient (Wildman–Crippen LogP) is 2.42. The molecule has 2 N–H and O–H groups in total. The van der Waals surface area contributed by atoms with E-state index >= 15 is 0 Å². The maximum absolute atomic E-state index is 10.8. The molecule has 18 heavy (non-hydrogen) atoms. The summed E-state index contributed by atoms with van der Waals surface area (Å²) in [6.45, 7) is 1.23.